The maximum absolute atomic E-state index is 13.7. The summed E-state index contributed by atoms with van der Waals surface area (Å²) in [6.07, 6.45) is 0. The predicted octanol–water partition coefficient (Wildman–Crippen LogP) is 2.82. The van der Waals surface area contributed by atoms with Crippen molar-refractivity contribution in [2.45, 2.75) is 6.54 Å². The Hall–Kier alpha value is -3.20. The topological polar surface area (TPSA) is 93.9 Å². The molecule has 144 valence electrons. The van der Waals surface area contributed by atoms with Gasteiger partial charge in [-0.2, -0.15) is 0 Å². The average Bonchev–Trinajstić information content (AvgIpc) is 2.61. The largest absolute Gasteiger partial charge is 0.496 e. The van der Waals surface area contributed by atoms with Gasteiger partial charge in [0, 0.05) is 6.54 Å². The van der Waals surface area contributed by atoms with Crippen LogP contribution in [0.2, 0.25) is 0 Å². The van der Waals surface area contributed by atoms with Crippen LogP contribution >= 0.6 is 0 Å². The highest BCUT2D eigenvalue weighted by molar-refractivity contribution is 5.94. The maximum Gasteiger partial charge on any atom is 0.296 e. The summed E-state index contributed by atoms with van der Waals surface area (Å²) >= 11 is 0. The normalized spacial score (nSPS) is 10.6. The van der Waals surface area contributed by atoms with Crippen molar-refractivity contribution in [2.75, 3.05) is 33.1 Å². The summed E-state index contributed by atoms with van der Waals surface area (Å²) in [5, 5.41) is 13.7. The van der Waals surface area contributed by atoms with Gasteiger partial charge in [-0.25, -0.2) is 4.39 Å². The maximum atomic E-state index is 13.7. The Morgan fingerprint density at radius 3 is 2.56 bits per heavy atom. The fourth-order valence-corrected chi connectivity index (χ4v) is 2.51. The van der Waals surface area contributed by atoms with Crippen LogP contribution in [-0.4, -0.2) is 43.5 Å². The van der Waals surface area contributed by atoms with Crippen LogP contribution in [0.25, 0.3) is 0 Å². The molecule has 2 aromatic rings. The molecule has 8 nitrogen and oxygen atoms in total. The van der Waals surface area contributed by atoms with Gasteiger partial charge in [0.25, 0.3) is 5.69 Å². The van der Waals surface area contributed by atoms with Gasteiger partial charge in [0.2, 0.25) is 5.91 Å². The summed E-state index contributed by atoms with van der Waals surface area (Å²) < 4.78 is 23.6. The smallest absolute Gasteiger partial charge is 0.296 e. The molecule has 27 heavy (non-hydrogen) atoms. The van der Waals surface area contributed by atoms with Crippen LogP contribution in [0.5, 0.6) is 11.5 Å². The van der Waals surface area contributed by atoms with E-state index >= 15 is 0 Å². The first-order valence-corrected chi connectivity index (χ1v) is 7.97. The second-order valence-electron chi connectivity index (χ2n) is 5.83. The Balaban J connectivity index is 2.01. The summed E-state index contributed by atoms with van der Waals surface area (Å²) in [6.45, 7) is 0.288. The van der Waals surface area contributed by atoms with Crippen molar-refractivity contribution in [1.29, 1.82) is 0 Å². The third kappa shape index (κ3) is 5.38. The number of carbonyl (C=O) groups is 1. The van der Waals surface area contributed by atoms with Gasteiger partial charge in [-0.1, -0.05) is 6.07 Å². The number of benzene rings is 2. The molecule has 0 aliphatic rings. The zero-order valence-corrected chi connectivity index (χ0v) is 15.2. The van der Waals surface area contributed by atoms with Gasteiger partial charge in [0.15, 0.2) is 11.6 Å². The average molecular weight is 377 g/mol. The van der Waals surface area contributed by atoms with E-state index in [9.17, 15) is 19.3 Å². The molecule has 0 unspecified atom stereocenters. The summed E-state index contributed by atoms with van der Waals surface area (Å²) in [5.41, 5.74) is 0.483. The van der Waals surface area contributed by atoms with Crippen LogP contribution in [0, 0.1) is 15.9 Å². The number of ether oxygens (including phenoxy) is 2. The van der Waals surface area contributed by atoms with Crippen molar-refractivity contribution < 1.29 is 23.6 Å². The molecule has 0 saturated carbocycles. The fraction of sp³-hybridized carbons (Fsp3) is 0.278. The van der Waals surface area contributed by atoms with E-state index in [0.29, 0.717) is 17.9 Å². The third-order valence-electron chi connectivity index (χ3n) is 3.76. The molecule has 1 N–H and O–H groups in total. The van der Waals surface area contributed by atoms with E-state index < -0.39 is 16.6 Å². The molecule has 0 aromatic heterocycles. The molecular weight excluding hydrogens is 357 g/mol. The first-order chi connectivity index (χ1) is 12.8. The van der Waals surface area contributed by atoms with Gasteiger partial charge in [0.05, 0.1) is 31.8 Å². The van der Waals surface area contributed by atoms with E-state index in [1.165, 1.54) is 44.6 Å². The van der Waals surface area contributed by atoms with Gasteiger partial charge in [0.1, 0.15) is 11.4 Å². The molecule has 0 bridgehead atoms. The van der Waals surface area contributed by atoms with Crippen molar-refractivity contribution in [3.63, 3.8) is 0 Å². The minimum atomic E-state index is -0.595. The van der Waals surface area contributed by atoms with E-state index in [4.69, 9.17) is 9.47 Å². The number of amides is 1. The van der Waals surface area contributed by atoms with Gasteiger partial charge in [-0.05, 0) is 36.9 Å². The van der Waals surface area contributed by atoms with Crippen molar-refractivity contribution in [2.24, 2.45) is 0 Å². The zero-order chi connectivity index (χ0) is 20.0. The molecule has 0 aliphatic carbocycles. The minimum Gasteiger partial charge on any atom is -0.496 e. The molecule has 1 amide bonds. The Morgan fingerprint density at radius 2 is 1.96 bits per heavy atom. The Kier molecular flexibility index (Phi) is 6.67. The molecule has 0 saturated heterocycles. The lowest BCUT2D eigenvalue weighted by Crippen LogP contribution is -2.30. The summed E-state index contributed by atoms with van der Waals surface area (Å²) in [4.78, 5) is 24.4. The van der Waals surface area contributed by atoms with Crippen molar-refractivity contribution in [3.05, 3.63) is 57.9 Å². The van der Waals surface area contributed by atoms with Crippen molar-refractivity contribution in [3.8, 4) is 11.5 Å². The summed E-state index contributed by atoms with van der Waals surface area (Å²) in [7, 11) is 4.46. The van der Waals surface area contributed by atoms with Crippen LogP contribution in [-0.2, 0) is 11.3 Å². The highest BCUT2D eigenvalue weighted by Gasteiger charge is 2.18. The molecule has 0 spiro atoms. The van der Waals surface area contributed by atoms with Crippen LogP contribution in [0.3, 0.4) is 0 Å². The molecule has 0 radical (unpaired) electrons. The van der Waals surface area contributed by atoms with Crippen LogP contribution < -0.4 is 14.8 Å². The highest BCUT2D eigenvalue weighted by Crippen LogP contribution is 2.28. The van der Waals surface area contributed by atoms with E-state index in [1.54, 1.807) is 18.0 Å². The molecule has 0 heterocycles. The number of halogens is 1. The number of carbonyl (C=O) groups excluding carboxylic acids is 1. The zero-order valence-electron chi connectivity index (χ0n) is 15.2. The first-order valence-electron chi connectivity index (χ1n) is 7.97. The van der Waals surface area contributed by atoms with Crippen molar-refractivity contribution >= 4 is 17.3 Å². The third-order valence-corrected chi connectivity index (χ3v) is 3.76. The monoisotopic (exact) mass is 377 g/mol. The molecule has 0 atom stereocenters. The van der Waals surface area contributed by atoms with Crippen LogP contribution in [0.15, 0.2) is 36.4 Å². The number of likely N-dealkylation sites (N-methyl/N-ethyl adjacent to an activating group) is 1. The Bertz CT molecular complexity index is 844. The lowest BCUT2D eigenvalue weighted by Gasteiger charge is -2.17. The summed E-state index contributed by atoms with van der Waals surface area (Å²) in [5.74, 6) is -0.453. The molecule has 9 heteroatoms. The molecule has 0 aliphatic heterocycles. The van der Waals surface area contributed by atoms with Crippen LogP contribution in [0.1, 0.15) is 5.56 Å². The van der Waals surface area contributed by atoms with Crippen molar-refractivity contribution in [1.82, 2.24) is 4.90 Å². The van der Waals surface area contributed by atoms with Gasteiger partial charge < -0.3 is 14.8 Å². The lowest BCUT2D eigenvalue weighted by atomic mass is 10.2. The van der Waals surface area contributed by atoms with Crippen LogP contribution in [0.4, 0.5) is 15.8 Å². The first kappa shape index (κ1) is 20.1. The van der Waals surface area contributed by atoms with E-state index in [1.807, 2.05) is 0 Å². The van der Waals surface area contributed by atoms with Gasteiger partial charge in [-0.15, -0.1) is 0 Å². The number of nitro groups is 1. The van der Waals surface area contributed by atoms with E-state index in [-0.39, 0.29) is 23.7 Å². The SMILES string of the molecule is COc1ccc(NC(=O)CN(C)Cc2ccc(OC)c(F)c2)c([N+](=O)[O-])c1. The van der Waals surface area contributed by atoms with Gasteiger partial charge >= 0.3 is 0 Å². The van der Waals surface area contributed by atoms with E-state index in [0.717, 1.165) is 0 Å². The number of nitrogens with one attached hydrogen (secondary N) is 1. The molecular formula is C18H20FN3O5. The number of rotatable bonds is 8. The Labute approximate surface area is 155 Å². The number of hydrogen-bond acceptors (Lipinski definition) is 6. The number of anilines is 1. The number of nitro benzene ring substituents is 1. The van der Waals surface area contributed by atoms with E-state index in [2.05, 4.69) is 5.32 Å². The number of nitrogens with zero attached hydrogens (tertiary/aromatic N) is 2. The number of methoxy groups -OCH3 is 2. The molecule has 2 rings (SSSR count). The molecule has 2 aromatic carbocycles. The predicted molar refractivity (Wildman–Crippen MR) is 97.6 cm³/mol. The fourth-order valence-electron chi connectivity index (χ4n) is 2.51. The highest BCUT2D eigenvalue weighted by atomic mass is 19.1. The quantitative estimate of drug-likeness (QED) is 0.562. The van der Waals surface area contributed by atoms with Gasteiger partial charge in [-0.3, -0.25) is 19.8 Å². The lowest BCUT2D eigenvalue weighted by molar-refractivity contribution is -0.384. The second kappa shape index (κ2) is 8.95. The number of hydrogen-bond donors (Lipinski definition) is 1. The second-order valence-corrected chi connectivity index (χ2v) is 5.83. The minimum absolute atomic E-state index is 0.0309. The summed E-state index contributed by atoms with van der Waals surface area (Å²) in [6, 6.07) is 8.71. The standard InChI is InChI=1S/C18H20FN3O5/c1-21(10-12-4-7-17(27-3)14(19)8-12)11-18(23)20-15-6-5-13(26-2)9-16(15)22(24)25/h4-9H,10-11H2,1-3H3,(H,20,23). The Morgan fingerprint density at radius 1 is 1.22 bits per heavy atom. The molecule has 0 fully saturated rings.